The van der Waals surface area contributed by atoms with Crippen LogP contribution in [0.5, 0.6) is 0 Å². The molecule has 0 aliphatic carbocycles. The van der Waals surface area contributed by atoms with Gasteiger partial charge in [-0.15, -0.1) is 0 Å². The number of nitrogen functional groups attached to an aromatic ring is 1. The van der Waals surface area contributed by atoms with Crippen molar-refractivity contribution in [3.05, 3.63) is 64.6 Å². The number of halogens is 1. The number of hydrogen-bond acceptors (Lipinski definition) is 5. The van der Waals surface area contributed by atoms with Crippen LogP contribution in [0.3, 0.4) is 0 Å². The van der Waals surface area contributed by atoms with Crippen molar-refractivity contribution in [3.63, 3.8) is 0 Å². The smallest absolute Gasteiger partial charge is 0.253 e. The number of ether oxygens (including phenoxy) is 1. The van der Waals surface area contributed by atoms with Crippen LogP contribution in [-0.4, -0.2) is 29.8 Å². The monoisotopic (exact) mass is 557 g/mol. The van der Waals surface area contributed by atoms with Crippen molar-refractivity contribution in [2.24, 2.45) is 11.8 Å². The molecule has 0 aliphatic rings. The van der Waals surface area contributed by atoms with E-state index in [9.17, 15) is 9.90 Å². The summed E-state index contributed by atoms with van der Waals surface area (Å²) < 4.78 is 20.9. The minimum absolute atomic E-state index is 0.106. The molecular weight excluding hydrogens is 505 g/mol. The van der Waals surface area contributed by atoms with Crippen molar-refractivity contribution in [2.45, 2.75) is 106 Å². The molecule has 0 fully saturated rings. The SMILES string of the molecule is CCCC.CCCC(C)C(O)COC(CC)C(=O)NC(Cc1ccc(-c2ccc(NN)c(C)c2)cc1F)=C(C)C. The van der Waals surface area contributed by atoms with Crippen molar-refractivity contribution in [1.29, 1.82) is 0 Å². The van der Waals surface area contributed by atoms with E-state index in [-0.39, 0.29) is 30.7 Å². The largest absolute Gasteiger partial charge is 0.390 e. The lowest BCUT2D eigenvalue weighted by Gasteiger charge is -2.23. The number of rotatable bonds is 14. The molecule has 0 aliphatic heterocycles. The summed E-state index contributed by atoms with van der Waals surface area (Å²) in [7, 11) is 0. The number of unbranched alkanes of at least 4 members (excludes halogenated alkanes) is 1. The van der Waals surface area contributed by atoms with Gasteiger partial charge < -0.3 is 20.6 Å². The van der Waals surface area contributed by atoms with Crippen LogP contribution >= 0.6 is 0 Å². The summed E-state index contributed by atoms with van der Waals surface area (Å²) in [5, 5.41) is 13.2. The standard InChI is InChI=1S/C29H42FN3O3.C4H10/c1-7-9-19(5)27(34)17-36-28(8-2)29(35)32-26(18(3)4)16-23-11-10-22(15-24(23)30)21-12-13-25(33-31)20(6)14-21;1-3-4-2/h10-15,19,27-28,33-34H,7-9,16-17,31H2,1-6H3,(H,32,35);3-4H2,1-2H3. The minimum atomic E-state index is -0.690. The van der Waals surface area contributed by atoms with Crippen molar-refractivity contribution >= 4 is 11.6 Å². The third kappa shape index (κ3) is 11.4. The quantitative estimate of drug-likeness (QED) is 0.143. The molecule has 0 saturated heterocycles. The number of benzene rings is 2. The molecule has 0 aromatic heterocycles. The minimum Gasteiger partial charge on any atom is -0.390 e. The molecule has 2 aromatic carbocycles. The predicted octanol–water partition coefficient (Wildman–Crippen LogP) is 7.44. The summed E-state index contributed by atoms with van der Waals surface area (Å²) in [6.45, 7) is 16.1. The van der Waals surface area contributed by atoms with Gasteiger partial charge in [0.25, 0.3) is 5.91 Å². The average Bonchev–Trinajstić information content (AvgIpc) is 2.93. The number of aliphatic hydroxyl groups is 1. The number of aliphatic hydroxyl groups excluding tert-OH is 1. The van der Waals surface area contributed by atoms with Gasteiger partial charge in [0.05, 0.1) is 18.4 Å². The highest BCUT2D eigenvalue weighted by Gasteiger charge is 2.22. The number of amides is 1. The molecule has 6 nitrogen and oxygen atoms in total. The van der Waals surface area contributed by atoms with Gasteiger partial charge in [-0.1, -0.05) is 77.7 Å². The van der Waals surface area contributed by atoms with E-state index in [1.165, 1.54) is 18.9 Å². The fourth-order valence-electron chi connectivity index (χ4n) is 4.05. The lowest BCUT2D eigenvalue weighted by molar-refractivity contribution is -0.135. The summed E-state index contributed by atoms with van der Waals surface area (Å²) in [6, 6.07) is 10.9. The molecule has 3 unspecified atom stereocenters. The first-order valence-corrected chi connectivity index (χ1v) is 14.7. The molecule has 0 spiro atoms. The van der Waals surface area contributed by atoms with Crippen molar-refractivity contribution in [3.8, 4) is 11.1 Å². The summed E-state index contributed by atoms with van der Waals surface area (Å²) in [4.78, 5) is 12.9. The zero-order valence-corrected chi connectivity index (χ0v) is 25.9. The van der Waals surface area contributed by atoms with Crippen LogP contribution in [0.4, 0.5) is 10.1 Å². The third-order valence-electron chi connectivity index (χ3n) is 7.05. The molecule has 1 amide bonds. The van der Waals surface area contributed by atoms with E-state index in [2.05, 4.69) is 31.5 Å². The van der Waals surface area contributed by atoms with Crippen molar-refractivity contribution < 1.29 is 19.0 Å². The van der Waals surface area contributed by atoms with Crippen LogP contribution < -0.4 is 16.6 Å². The molecule has 3 atom stereocenters. The Hall–Kier alpha value is -2.74. The van der Waals surface area contributed by atoms with Crippen molar-refractivity contribution in [1.82, 2.24) is 5.32 Å². The topological polar surface area (TPSA) is 96.6 Å². The Labute approximate surface area is 241 Å². The van der Waals surface area contributed by atoms with E-state index in [4.69, 9.17) is 10.6 Å². The summed E-state index contributed by atoms with van der Waals surface area (Å²) >= 11 is 0. The van der Waals surface area contributed by atoms with Crippen LogP contribution in [0.2, 0.25) is 0 Å². The number of aryl methyl sites for hydroxylation is 1. The zero-order chi connectivity index (χ0) is 30.2. The molecule has 2 aromatic rings. The van der Waals surface area contributed by atoms with Crippen LogP contribution in [0.15, 0.2) is 47.7 Å². The Kier molecular flexibility index (Phi) is 16.4. The van der Waals surface area contributed by atoms with Gasteiger partial charge >= 0.3 is 0 Å². The van der Waals surface area contributed by atoms with Crippen LogP contribution in [-0.2, 0) is 16.0 Å². The Bertz CT molecular complexity index is 1080. The maximum atomic E-state index is 15.1. The van der Waals surface area contributed by atoms with Gasteiger partial charge in [0.2, 0.25) is 0 Å². The van der Waals surface area contributed by atoms with E-state index >= 15 is 4.39 Å². The predicted molar refractivity (Wildman–Crippen MR) is 165 cm³/mol. The first-order chi connectivity index (χ1) is 19.0. The molecule has 40 heavy (non-hydrogen) atoms. The molecule has 0 bridgehead atoms. The zero-order valence-electron chi connectivity index (χ0n) is 25.9. The Morgan fingerprint density at radius 1 is 1.02 bits per heavy atom. The second kappa shape index (κ2) is 18.6. The molecular formula is C33H52FN3O3. The van der Waals surface area contributed by atoms with Gasteiger partial charge in [-0.25, -0.2) is 4.39 Å². The van der Waals surface area contributed by atoms with Gasteiger partial charge in [0, 0.05) is 12.1 Å². The summed E-state index contributed by atoms with van der Waals surface area (Å²) in [5.74, 6) is 4.99. The number of hydrogen-bond donors (Lipinski definition) is 4. The Morgan fingerprint density at radius 3 is 2.15 bits per heavy atom. The summed E-state index contributed by atoms with van der Waals surface area (Å²) in [6.07, 6.45) is 3.93. The fourth-order valence-corrected chi connectivity index (χ4v) is 4.05. The van der Waals surface area contributed by atoms with E-state index in [1.54, 1.807) is 6.07 Å². The van der Waals surface area contributed by atoms with E-state index < -0.39 is 12.2 Å². The fraction of sp³-hybridized carbons (Fsp3) is 0.545. The molecule has 7 heteroatoms. The molecule has 0 radical (unpaired) electrons. The highest BCUT2D eigenvalue weighted by molar-refractivity contribution is 5.82. The van der Waals surface area contributed by atoms with Crippen molar-refractivity contribution in [2.75, 3.05) is 12.0 Å². The maximum absolute atomic E-state index is 15.1. The number of nitrogens with one attached hydrogen (secondary N) is 2. The van der Waals surface area contributed by atoms with Gasteiger partial charge in [-0.2, -0.15) is 0 Å². The van der Waals surface area contributed by atoms with Gasteiger partial charge in [0.15, 0.2) is 0 Å². The first kappa shape index (κ1) is 35.3. The van der Waals surface area contributed by atoms with E-state index in [1.807, 2.05) is 58.9 Å². The highest BCUT2D eigenvalue weighted by atomic mass is 19.1. The number of hydrazine groups is 1. The highest BCUT2D eigenvalue weighted by Crippen LogP contribution is 2.27. The van der Waals surface area contributed by atoms with Gasteiger partial charge in [-0.05, 0) is 80.0 Å². The maximum Gasteiger partial charge on any atom is 0.253 e. The van der Waals surface area contributed by atoms with Crippen LogP contribution in [0, 0.1) is 18.7 Å². The Balaban J connectivity index is 0.00000187. The van der Waals surface area contributed by atoms with Crippen LogP contribution in [0.1, 0.15) is 91.7 Å². The lowest BCUT2D eigenvalue weighted by Crippen LogP contribution is -2.38. The molecule has 0 saturated carbocycles. The number of carbonyl (C=O) groups excluding carboxylic acids is 1. The number of anilines is 1. The van der Waals surface area contributed by atoms with E-state index in [0.29, 0.717) is 17.7 Å². The third-order valence-corrected chi connectivity index (χ3v) is 7.05. The molecule has 5 N–H and O–H groups in total. The lowest BCUT2D eigenvalue weighted by atomic mass is 9.98. The van der Waals surface area contributed by atoms with Gasteiger partial charge in [-0.3, -0.25) is 10.6 Å². The average molecular weight is 558 g/mol. The van der Waals surface area contributed by atoms with E-state index in [0.717, 1.165) is 40.8 Å². The normalized spacial score (nSPS) is 13.0. The Morgan fingerprint density at radius 2 is 1.65 bits per heavy atom. The first-order valence-electron chi connectivity index (χ1n) is 14.7. The summed E-state index contributed by atoms with van der Waals surface area (Å²) in [5.41, 5.74) is 8.11. The number of nitrogens with two attached hydrogens (primary N) is 1. The number of allylic oxidation sites excluding steroid dienone is 2. The molecule has 2 rings (SSSR count). The molecule has 224 valence electrons. The van der Waals surface area contributed by atoms with Gasteiger partial charge in [0.1, 0.15) is 11.9 Å². The number of carbonyl (C=O) groups is 1. The van der Waals surface area contributed by atoms with Crippen LogP contribution in [0.25, 0.3) is 11.1 Å². The second-order valence-electron chi connectivity index (χ2n) is 10.7. The molecule has 0 heterocycles. The second-order valence-corrected chi connectivity index (χ2v) is 10.7.